The molecule has 1 aliphatic rings. The molecule has 220 valence electrons. The Morgan fingerprint density at radius 2 is 1.74 bits per heavy atom. The average molecular weight is 583 g/mol. The number of benzene rings is 3. The number of H-pyrrole nitrogens is 1. The van der Waals surface area contributed by atoms with E-state index in [1.807, 2.05) is 56.3 Å². The number of hydrogen-bond acceptors (Lipinski definition) is 6. The summed E-state index contributed by atoms with van der Waals surface area (Å²) in [6, 6.07) is 15.8. The Kier molecular flexibility index (Phi) is 8.44. The molecule has 1 atom stereocenters. The first-order valence-corrected chi connectivity index (χ1v) is 13.6. The predicted molar refractivity (Wildman–Crippen MR) is 161 cm³/mol. The first-order valence-electron chi connectivity index (χ1n) is 13.6. The molecule has 0 saturated heterocycles. The summed E-state index contributed by atoms with van der Waals surface area (Å²) in [6.07, 6.45) is 2.73. The van der Waals surface area contributed by atoms with Crippen LogP contribution in [-0.4, -0.2) is 53.3 Å². The predicted octanol–water partition coefficient (Wildman–Crippen LogP) is 5.02. The molecule has 0 spiro atoms. The van der Waals surface area contributed by atoms with Gasteiger partial charge in [-0.3, -0.25) is 19.6 Å². The highest BCUT2D eigenvalue weighted by Gasteiger charge is 2.34. The van der Waals surface area contributed by atoms with E-state index in [1.54, 1.807) is 12.3 Å². The molecule has 3 N–H and O–H groups in total. The zero-order chi connectivity index (χ0) is 30.7. The molecule has 0 aliphatic carbocycles. The fraction of sp³-hybridized carbons (Fsp3) is 0.219. The van der Waals surface area contributed by atoms with Crippen molar-refractivity contribution in [2.24, 2.45) is 10.9 Å². The number of aromatic amines is 1. The van der Waals surface area contributed by atoms with Crippen molar-refractivity contribution in [2.75, 3.05) is 19.5 Å². The van der Waals surface area contributed by atoms with Crippen molar-refractivity contribution in [3.05, 3.63) is 89.0 Å². The molecule has 1 unspecified atom stereocenters. The van der Waals surface area contributed by atoms with Gasteiger partial charge in [-0.05, 0) is 71.5 Å². The van der Waals surface area contributed by atoms with Gasteiger partial charge >= 0.3 is 6.03 Å². The Morgan fingerprint density at radius 3 is 2.47 bits per heavy atom. The molecule has 3 aromatic carbocycles. The molecule has 1 aromatic heterocycles. The van der Waals surface area contributed by atoms with E-state index < -0.39 is 23.8 Å². The third-order valence-electron chi connectivity index (χ3n) is 7.58. The van der Waals surface area contributed by atoms with Crippen LogP contribution in [0.5, 0.6) is 5.75 Å². The second-order valence-electron chi connectivity index (χ2n) is 10.2. The summed E-state index contributed by atoms with van der Waals surface area (Å²) in [7, 11) is 2.81. The fourth-order valence-electron chi connectivity index (χ4n) is 5.11. The summed E-state index contributed by atoms with van der Waals surface area (Å²) < 4.78 is 21.0. The molecule has 11 heteroatoms. The number of hydrogen-bond donors (Lipinski definition) is 3. The molecule has 5 rings (SSSR count). The quantitative estimate of drug-likeness (QED) is 0.238. The number of methoxy groups -OCH3 is 1. The lowest BCUT2D eigenvalue weighted by Gasteiger charge is -2.22. The van der Waals surface area contributed by atoms with Gasteiger partial charge < -0.3 is 15.4 Å². The summed E-state index contributed by atoms with van der Waals surface area (Å²) in [5, 5.41) is 12.8. The van der Waals surface area contributed by atoms with Crippen LogP contribution in [0.25, 0.3) is 22.3 Å². The van der Waals surface area contributed by atoms with Crippen molar-refractivity contribution in [1.29, 1.82) is 0 Å². The standard InChI is InChI=1S/C32H31FN6O4/c1-18-22(20-13-27(33)25(29(14-20)43-4)16-34-15-21-11-12-36-38-21)7-5-8-23(18)24-9-6-10-28(19(24)2)37-30(40)26-17-35-32(42)39(3)31(26)41/h5-14,17,26,34H,15-16H2,1-4H3,(H,36,38)(H,37,40). The second-order valence-corrected chi connectivity index (χ2v) is 10.2. The molecule has 10 nitrogen and oxygen atoms in total. The van der Waals surface area contributed by atoms with E-state index in [-0.39, 0.29) is 12.4 Å². The van der Waals surface area contributed by atoms with Crippen molar-refractivity contribution >= 4 is 29.7 Å². The highest BCUT2D eigenvalue weighted by atomic mass is 19.1. The van der Waals surface area contributed by atoms with Gasteiger partial charge in [-0.1, -0.05) is 30.3 Å². The molecule has 0 saturated carbocycles. The van der Waals surface area contributed by atoms with Gasteiger partial charge in [0.15, 0.2) is 5.92 Å². The maximum Gasteiger partial charge on any atom is 0.349 e. The highest BCUT2D eigenvalue weighted by Crippen LogP contribution is 2.37. The molecule has 1 aliphatic heterocycles. The summed E-state index contributed by atoms with van der Waals surface area (Å²) in [5.41, 5.74) is 6.79. The summed E-state index contributed by atoms with van der Waals surface area (Å²) >= 11 is 0. The normalized spacial score (nSPS) is 14.7. The Hall–Kier alpha value is -5.16. The van der Waals surface area contributed by atoms with Crippen molar-refractivity contribution in [3.63, 3.8) is 0 Å². The maximum atomic E-state index is 15.4. The molecule has 0 fully saturated rings. The number of halogens is 1. The molecule has 43 heavy (non-hydrogen) atoms. The van der Waals surface area contributed by atoms with E-state index in [4.69, 9.17) is 4.74 Å². The molecular formula is C32H31FN6O4. The topological polar surface area (TPSA) is 129 Å². The number of urea groups is 1. The largest absolute Gasteiger partial charge is 0.496 e. The minimum atomic E-state index is -1.20. The minimum Gasteiger partial charge on any atom is -0.496 e. The number of nitrogens with one attached hydrogen (secondary N) is 3. The van der Waals surface area contributed by atoms with Gasteiger partial charge in [-0.25, -0.2) is 14.2 Å². The zero-order valence-corrected chi connectivity index (χ0v) is 24.2. The summed E-state index contributed by atoms with van der Waals surface area (Å²) in [6.45, 7) is 4.61. The van der Waals surface area contributed by atoms with Gasteiger partial charge in [-0.2, -0.15) is 5.10 Å². The van der Waals surface area contributed by atoms with Gasteiger partial charge in [0.1, 0.15) is 11.6 Å². The van der Waals surface area contributed by atoms with Crippen LogP contribution in [0.15, 0.2) is 65.8 Å². The van der Waals surface area contributed by atoms with Crippen LogP contribution in [0.1, 0.15) is 22.4 Å². The lowest BCUT2D eigenvalue weighted by molar-refractivity contribution is -0.134. The van der Waals surface area contributed by atoms with Crippen LogP contribution in [0.2, 0.25) is 0 Å². The van der Waals surface area contributed by atoms with Crippen LogP contribution < -0.4 is 15.4 Å². The van der Waals surface area contributed by atoms with Crippen molar-refractivity contribution in [2.45, 2.75) is 26.9 Å². The number of rotatable bonds is 9. The monoisotopic (exact) mass is 582 g/mol. The summed E-state index contributed by atoms with van der Waals surface area (Å²) in [5.74, 6) is -2.38. The molecular weight excluding hydrogens is 551 g/mol. The first-order chi connectivity index (χ1) is 20.7. The highest BCUT2D eigenvalue weighted by molar-refractivity contribution is 6.23. The van der Waals surface area contributed by atoms with Gasteiger partial charge in [0.2, 0.25) is 11.8 Å². The van der Waals surface area contributed by atoms with E-state index >= 15 is 4.39 Å². The Labute approximate surface area is 248 Å². The summed E-state index contributed by atoms with van der Waals surface area (Å²) in [4.78, 5) is 41.5. The third-order valence-corrected chi connectivity index (χ3v) is 7.58. The lowest BCUT2D eigenvalue weighted by atomic mass is 9.90. The van der Waals surface area contributed by atoms with E-state index in [0.29, 0.717) is 29.1 Å². The number of nitrogens with zero attached hydrogens (tertiary/aromatic N) is 3. The van der Waals surface area contributed by atoms with E-state index in [0.717, 1.165) is 44.6 Å². The Bertz CT molecular complexity index is 1730. The molecule has 0 radical (unpaired) electrons. The number of ether oxygens (including phenoxy) is 1. The van der Waals surface area contributed by atoms with Crippen LogP contribution in [-0.2, 0) is 22.7 Å². The van der Waals surface area contributed by atoms with Crippen molar-refractivity contribution in [3.8, 4) is 28.0 Å². The average Bonchev–Trinajstić information content (AvgIpc) is 3.51. The Balaban J connectivity index is 1.42. The Morgan fingerprint density at radius 1 is 1.02 bits per heavy atom. The van der Waals surface area contributed by atoms with Crippen LogP contribution in [0.4, 0.5) is 14.9 Å². The molecule has 4 aromatic rings. The zero-order valence-electron chi connectivity index (χ0n) is 24.2. The number of carbonyl (C=O) groups is 3. The van der Waals surface area contributed by atoms with E-state index in [2.05, 4.69) is 25.8 Å². The van der Waals surface area contributed by atoms with Gasteiger partial charge in [-0.15, -0.1) is 0 Å². The van der Waals surface area contributed by atoms with Crippen molar-refractivity contribution < 1.29 is 23.5 Å². The number of aliphatic imine (C=N–C) groups is 1. The van der Waals surface area contributed by atoms with Crippen LogP contribution in [0.3, 0.4) is 0 Å². The molecule has 2 heterocycles. The third kappa shape index (κ3) is 5.93. The van der Waals surface area contributed by atoms with E-state index in [1.165, 1.54) is 20.2 Å². The van der Waals surface area contributed by atoms with Gasteiger partial charge in [0.25, 0.3) is 0 Å². The molecule has 4 amide bonds. The van der Waals surface area contributed by atoms with Gasteiger partial charge in [0.05, 0.1) is 7.11 Å². The number of aromatic nitrogens is 2. The lowest BCUT2D eigenvalue weighted by Crippen LogP contribution is -2.45. The number of amides is 4. The number of anilines is 1. The second kappa shape index (κ2) is 12.4. The first kappa shape index (κ1) is 29.3. The number of carbonyl (C=O) groups excluding carboxylic acids is 3. The fourth-order valence-corrected chi connectivity index (χ4v) is 5.11. The van der Waals surface area contributed by atoms with Crippen molar-refractivity contribution in [1.82, 2.24) is 20.4 Å². The maximum absolute atomic E-state index is 15.4. The SMILES string of the molecule is COc1cc(-c2cccc(-c3cccc(NC(=O)C4C=NC(=O)N(C)C4=O)c3C)c2C)cc(F)c1CNCc1ccn[nH]1. The van der Waals surface area contributed by atoms with Crippen LogP contribution in [0, 0.1) is 25.6 Å². The smallest absolute Gasteiger partial charge is 0.349 e. The van der Waals surface area contributed by atoms with E-state index in [9.17, 15) is 14.4 Å². The number of imide groups is 1. The van der Waals surface area contributed by atoms with Gasteiger partial charge in [0, 0.05) is 49.5 Å². The molecule has 0 bridgehead atoms. The van der Waals surface area contributed by atoms with Crippen LogP contribution >= 0.6 is 0 Å². The minimum absolute atomic E-state index is 0.274.